The predicted molar refractivity (Wildman–Crippen MR) is 83.9 cm³/mol. The van der Waals surface area contributed by atoms with Gasteiger partial charge in [0, 0.05) is 12.1 Å². The van der Waals surface area contributed by atoms with Crippen molar-refractivity contribution in [3.05, 3.63) is 23.8 Å². The highest BCUT2D eigenvalue weighted by atomic mass is 19.3. The highest BCUT2D eigenvalue weighted by Gasteiger charge is 2.20. The molecule has 1 fully saturated rings. The van der Waals surface area contributed by atoms with E-state index in [0.29, 0.717) is 30.4 Å². The maximum absolute atomic E-state index is 12.7. The Morgan fingerprint density at radius 3 is 2.87 bits per heavy atom. The first-order valence-corrected chi connectivity index (χ1v) is 8.18. The number of benzene rings is 1. The van der Waals surface area contributed by atoms with Crippen molar-refractivity contribution in [3.63, 3.8) is 0 Å². The van der Waals surface area contributed by atoms with Crippen molar-refractivity contribution >= 4 is 0 Å². The molecule has 0 radical (unpaired) electrons. The lowest BCUT2D eigenvalue weighted by atomic mass is 9.87. The number of rotatable bonds is 8. The van der Waals surface area contributed by atoms with Crippen molar-refractivity contribution in [2.45, 2.75) is 51.9 Å². The first-order valence-electron chi connectivity index (χ1n) is 8.18. The number of alkyl halides is 2. The fourth-order valence-electron chi connectivity index (χ4n) is 3.05. The molecule has 1 aliphatic carbocycles. The molecule has 0 saturated heterocycles. The third kappa shape index (κ3) is 5.62. The molecular weight excluding hydrogens is 304 g/mol. The smallest absolute Gasteiger partial charge is 0.387 e. The van der Waals surface area contributed by atoms with Gasteiger partial charge in [-0.05, 0) is 44.7 Å². The van der Waals surface area contributed by atoms with Gasteiger partial charge >= 0.3 is 6.61 Å². The Hall–Kier alpha value is -1.40. The number of ether oxygens (including phenoxy) is 2. The molecular formula is C17H25F2NO3. The fraction of sp³-hybridized carbons (Fsp3) is 0.647. The number of halogens is 2. The molecule has 1 aromatic rings. The molecule has 0 heterocycles. The molecule has 4 nitrogen and oxygen atoms in total. The number of hydrogen-bond donors (Lipinski definition) is 2. The Labute approximate surface area is 135 Å². The van der Waals surface area contributed by atoms with Gasteiger partial charge in [-0.15, -0.1) is 0 Å². The number of aliphatic hydroxyl groups excluding tert-OH is 1. The van der Waals surface area contributed by atoms with Crippen molar-refractivity contribution in [3.8, 4) is 11.5 Å². The van der Waals surface area contributed by atoms with Crippen LogP contribution in [0.3, 0.4) is 0 Å². The fourth-order valence-corrected chi connectivity index (χ4v) is 3.05. The molecule has 0 aliphatic heterocycles. The van der Waals surface area contributed by atoms with Gasteiger partial charge in [0.15, 0.2) is 11.5 Å². The zero-order chi connectivity index (χ0) is 16.7. The molecule has 0 amide bonds. The molecule has 2 N–H and O–H groups in total. The molecule has 0 bridgehead atoms. The van der Waals surface area contributed by atoms with Gasteiger partial charge in [-0.2, -0.15) is 8.78 Å². The SMILES string of the molecule is CCOc1cccc(CNCC2CCCC(O)C2)c1OC(F)F. The molecule has 0 spiro atoms. The lowest BCUT2D eigenvalue weighted by molar-refractivity contribution is -0.0521. The van der Waals surface area contributed by atoms with E-state index in [4.69, 9.17) is 4.74 Å². The Kier molecular flexibility index (Phi) is 7.05. The molecule has 2 unspecified atom stereocenters. The Morgan fingerprint density at radius 2 is 2.17 bits per heavy atom. The molecule has 2 atom stereocenters. The van der Waals surface area contributed by atoms with Crippen LogP contribution in [0.25, 0.3) is 0 Å². The molecule has 1 saturated carbocycles. The Bertz CT molecular complexity index is 485. The number of aliphatic hydroxyl groups is 1. The second kappa shape index (κ2) is 9.03. The number of para-hydroxylation sites is 1. The van der Waals surface area contributed by atoms with E-state index in [1.54, 1.807) is 25.1 Å². The largest absolute Gasteiger partial charge is 0.490 e. The quantitative estimate of drug-likeness (QED) is 0.768. The third-order valence-electron chi connectivity index (χ3n) is 4.07. The van der Waals surface area contributed by atoms with Gasteiger partial charge in [-0.1, -0.05) is 18.6 Å². The van der Waals surface area contributed by atoms with Crippen LogP contribution in [0.2, 0.25) is 0 Å². The monoisotopic (exact) mass is 329 g/mol. The summed E-state index contributed by atoms with van der Waals surface area (Å²) in [4.78, 5) is 0. The van der Waals surface area contributed by atoms with Gasteiger partial charge in [0.2, 0.25) is 0 Å². The summed E-state index contributed by atoms with van der Waals surface area (Å²) >= 11 is 0. The minimum Gasteiger partial charge on any atom is -0.490 e. The summed E-state index contributed by atoms with van der Waals surface area (Å²) in [5.74, 6) is 0.856. The van der Waals surface area contributed by atoms with Crippen molar-refractivity contribution in [2.75, 3.05) is 13.2 Å². The van der Waals surface area contributed by atoms with Crippen LogP contribution in [-0.4, -0.2) is 31.0 Å². The zero-order valence-corrected chi connectivity index (χ0v) is 13.4. The maximum atomic E-state index is 12.7. The third-order valence-corrected chi connectivity index (χ3v) is 4.07. The van der Waals surface area contributed by atoms with Crippen LogP contribution in [0.4, 0.5) is 8.78 Å². The van der Waals surface area contributed by atoms with Crippen LogP contribution in [0.5, 0.6) is 11.5 Å². The normalized spacial score (nSPS) is 21.4. The van der Waals surface area contributed by atoms with Gasteiger partial charge in [0.1, 0.15) is 0 Å². The van der Waals surface area contributed by atoms with Crippen LogP contribution in [0.1, 0.15) is 38.2 Å². The van der Waals surface area contributed by atoms with E-state index in [0.717, 1.165) is 32.2 Å². The lowest BCUT2D eigenvalue weighted by Gasteiger charge is -2.26. The summed E-state index contributed by atoms with van der Waals surface area (Å²) in [7, 11) is 0. The molecule has 1 aliphatic rings. The van der Waals surface area contributed by atoms with Crippen molar-refractivity contribution in [1.82, 2.24) is 5.32 Å². The summed E-state index contributed by atoms with van der Waals surface area (Å²) in [6.07, 6.45) is 3.58. The lowest BCUT2D eigenvalue weighted by Crippen LogP contribution is -2.29. The Morgan fingerprint density at radius 1 is 1.35 bits per heavy atom. The Balaban J connectivity index is 1.96. The van der Waals surface area contributed by atoms with Crippen LogP contribution in [-0.2, 0) is 6.54 Å². The highest BCUT2D eigenvalue weighted by Crippen LogP contribution is 2.33. The van der Waals surface area contributed by atoms with E-state index in [2.05, 4.69) is 10.1 Å². The van der Waals surface area contributed by atoms with Crippen molar-refractivity contribution < 1.29 is 23.4 Å². The van der Waals surface area contributed by atoms with Crippen LogP contribution in [0.15, 0.2) is 18.2 Å². The topological polar surface area (TPSA) is 50.7 Å². The minimum absolute atomic E-state index is 0.0977. The van der Waals surface area contributed by atoms with Crippen LogP contribution < -0.4 is 14.8 Å². The zero-order valence-electron chi connectivity index (χ0n) is 13.4. The first kappa shape index (κ1) is 17.9. The second-order valence-electron chi connectivity index (χ2n) is 5.87. The van der Waals surface area contributed by atoms with E-state index in [1.165, 1.54) is 0 Å². The van der Waals surface area contributed by atoms with Gasteiger partial charge < -0.3 is 19.9 Å². The van der Waals surface area contributed by atoms with E-state index in [-0.39, 0.29) is 11.9 Å². The van der Waals surface area contributed by atoms with Gasteiger partial charge in [-0.3, -0.25) is 0 Å². The van der Waals surface area contributed by atoms with Crippen LogP contribution in [0, 0.1) is 5.92 Å². The molecule has 2 rings (SSSR count). The minimum atomic E-state index is -2.89. The average Bonchev–Trinajstić information content (AvgIpc) is 2.50. The second-order valence-corrected chi connectivity index (χ2v) is 5.87. The standard InChI is InChI=1S/C17H25F2NO3/c1-2-22-15-8-4-6-13(16(15)23-17(18)19)11-20-10-12-5-3-7-14(21)9-12/h4,6,8,12,14,17,20-21H,2-3,5,7,9-11H2,1H3. The van der Waals surface area contributed by atoms with E-state index >= 15 is 0 Å². The summed E-state index contributed by atoms with van der Waals surface area (Å²) in [5, 5.41) is 13.0. The average molecular weight is 329 g/mol. The van der Waals surface area contributed by atoms with E-state index in [1.807, 2.05) is 0 Å². The van der Waals surface area contributed by atoms with Gasteiger partial charge in [0.05, 0.1) is 12.7 Å². The van der Waals surface area contributed by atoms with Gasteiger partial charge in [-0.25, -0.2) is 0 Å². The number of hydrogen-bond acceptors (Lipinski definition) is 4. The summed E-state index contributed by atoms with van der Waals surface area (Å²) in [5.41, 5.74) is 0.646. The molecule has 6 heteroatoms. The van der Waals surface area contributed by atoms with Crippen LogP contribution >= 0.6 is 0 Å². The highest BCUT2D eigenvalue weighted by molar-refractivity contribution is 5.46. The summed E-state index contributed by atoms with van der Waals surface area (Å²) < 4.78 is 35.3. The van der Waals surface area contributed by atoms with Gasteiger partial charge in [0.25, 0.3) is 0 Å². The summed E-state index contributed by atoms with van der Waals surface area (Å²) in [6, 6.07) is 5.15. The van der Waals surface area contributed by atoms with Crippen molar-refractivity contribution in [2.24, 2.45) is 5.92 Å². The predicted octanol–water partition coefficient (Wildman–Crippen LogP) is 3.33. The maximum Gasteiger partial charge on any atom is 0.387 e. The first-order chi connectivity index (χ1) is 11.1. The van der Waals surface area contributed by atoms with Crippen molar-refractivity contribution in [1.29, 1.82) is 0 Å². The molecule has 23 heavy (non-hydrogen) atoms. The van der Waals surface area contributed by atoms with E-state index < -0.39 is 6.61 Å². The summed E-state index contributed by atoms with van der Waals surface area (Å²) in [6.45, 7) is 0.477. The van der Waals surface area contributed by atoms with E-state index in [9.17, 15) is 13.9 Å². The molecule has 1 aromatic carbocycles. The molecule has 0 aromatic heterocycles. The number of nitrogens with one attached hydrogen (secondary N) is 1. The molecule has 130 valence electrons.